The zero-order valence-corrected chi connectivity index (χ0v) is 19.4. The summed E-state index contributed by atoms with van der Waals surface area (Å²) in [5, 5.41) is 0. The lowest BCUT2D eigenvalue weighted by atomic mass is 9.68. The van der Waals surface area contributed by atoms with Gasteiger partial charge < -0.3 is 14.4 Å². The molecule has 0 aliphatic heterocycles. The van der Waals surface area contributed by atoms with Gasteiger partial charge in [0.25, 0.3) is 0 Å². The summed E-state index contributed by atoms with van der Waals surface area (Å²) in [6.07, 6.45) is 0.807. The molecule has 2 aromatic carbocycles. The summed E-state index contributed by atoms with van der Waals surface area (Å²) in [4.78, 5) is 15.7. The molecule has 1 saturated carbocycles. The molecular formula is C24H30INO3. The molecule has 4 nitrogen and oxygen atoms in total. The molecule has 1 fully saturated rings. The first-order valence-electron chi connectivity index (χ1n) is 10.3. The van der Waals surface area contributed by atoms with Crippen molar-refractivity contribution in [1.82, 2.24) is 4.90 Å². The summed E-state index contributed by atoms with van der Waals surface area (Å²) in [7, 11) is 0. The molecule has 0 bridgehead atoms. The molecule has 0 N–H and O–H groups in total. The summed E-state index contributed by atoms with van der Waals surface area (Å²) < 4.78 is 13.2. The third-order valence-corrected chi connectivity index (χ3v) is 6.61. The van der Waals surface area contributed by atoms with E-state index in [0.717, 1.165) is 22.0 Å². The second kappa shape index (κ2) is 10.5. The van der Waals surface area contributed by atoms with E-state index in [4.69, 9.17) is 9.47 Å². The minimum Gasteiger partial charge on any atom is -0.349 e. The van der Waals surface area contributed by atoms with Crippen molar-refractivity contribution in [3.8, 4) is 0 Å². The third-order valence-electron chi connectivity index (χ3n) is 5.54. The maximum Gasteiger partial charge on any atom is 0.231 e. The van der Waals surface area contributed by atoms with Gasteiger partial charge in [0, 0.05) is 36.6 Å². The Bertz CT molecular complexity index is 721. The topological polar surface area (TPSA) is 38.8 Å². The summed E-state index contributed by atoms with van der Waals surface area (Å²) in [5.41, 5.74) is 2.25. The second-order valence-corrected chi connectivity index (χ2v) is 8.27. The van der Waals surface area contributed by atoms with E-state index < -0.39 is 5.79 Å². The molecule has 0 radical (unpaired) electrons. The van der Waals surface area contributed by atoms with E-state index in [1.165, 1.54) is 0 Å². The summed E-state index contributed by atoms with van der Waals surface area (Å²) in [6.45, 7) is 6.17. The van der Waals surface area contributed by atoms with Crippen molar-refractivity contribution < 1.29 is 14.3 Å². The van der Waals surface area contributed by atoms with Gasteiger partial charge in [-0.25, -0.2) is 0 Å². The zero-order chi connectivity index (χ0) is 20.7. The van der Waals surface area contributed by atoms with Gasteiger partial charge in [-0.15, -0.1) is 0 Å². The van der Waals surface area contributed by atoms with Gasteiger partial charge in [0.05, 0.1) is 5.92 Å². The Hall–Kier alpha value is -1.44. The molecule has 0 spiro atoms. The first kappa shape index (κ1) is 22.2. The van der Waals surface area contributed by atoms with Crippen molar-refractivity contribution in [1.29, 1.82) is 0 Å². The maximum absolute atomic E-state index is 13.7. The predicted octanol–water partition coefficient (Wildman–Crippen LogP) is 5.06. The Morgan fingerprint density at radius 1 is 0.966 bits per heavy atom. The number of carbonyl (C=O) groups is 1. The van der Waals surface area contributed by atoms with Gasteiger partial charge in [0.15, 0.2) is 5.79 Å². The fourth-order valence-electron chi connectivity index (χ4n) is 4.15. The fraction of sp³-hybridized carbons (Fsp3) is 0.458. The largest absolute Gasteiger partial charge is 0.349 e. The van der Waals surface area contributed by atoms with Gasteiger partial charge in [-0.3, -0.25) is 4.79 Å². The van der Waals surface area contributed by atoms with E-state index in [2.05, 4.69) is 46.9 Å². The smallest absolute Gasteiger partial charge is 0.231 e. The van der Waals surface area contributed by atoms with Crippen LogP contribution < -0.4 is 0 Å². The Morgan fingerprint density at radius 2 is 1.45 bits per heavy atom. The van der Waals surface area contributed by atoms with Crippen molar-refractivity contribution in [3.63, 3.8) is 0 Å². The Balaban J connectivity index is 1.86. The number of ether oxygens (including phenoxy) is 2. The number of rotatable bonds is 10. The standard InChI is InChI=1S/C24H30INO3/c1-3-28-24(29-4-2)21(16-25)15-22(24)23(27)26(17-19-11-7-5-8-12-19)18-20-13-9-6-10-14-20/h5-14,21-22H,3-4,15-18H2,1-2H3/t21-,22+/m0/s1. The number of halogens is 1. The minimum atomic E-state index is -0.798. The van der Waals surface area contributed by atoms with Crippen LogP contribution in [0.3, 0.4) is 0 Å². The number of amides is 1. The van der Waals surface area contributed by atoms with Crippen LogP contribution in [0, 0.1) is 11.8 Å². The predicted molar refractivity (Wildman–Crippen MR) is 124 cm³/mol. The van der Waals surface area contributed by atoms with Crippen LogP contribution in [0.15, 0.2) is 60.7 Å². The molecule has 2 atom stereocenters. The van der Waals surface area contributed by atoms with Gasteiger partial charge in [-0.1, -0.05) is 83.3 Å². The molecule has 0 saturated heterocycles. The quantitative estimate of drug-likeness (QED) is 0.257. The van der Waals surface area contributed by atoms with Gasteiger partial charge in [0.1, 0.15) is 0 Å². The normalized spacial score (nSPS) is 20.1. The molecule has 1 aliphatic rings. The van der Waals surface area contributed by atoms with Crippen LogP contribution in [-0.4, -0.2) is 34.2 Å². The molecule has 1 aliphatic carbocycles. The molecule has 3 rings (SSSR count). The van der Waals surface area contributed by atoms with Gasteiger partial charge >= 0.3 is 0 Å². The number of alkyl halides is 1. The number of carbonyl (C=O) groups excluding carboxylic acids is 1. The van der Waals surface area contributed by atoms with Crippen LogP contribution >= 0.6 is 22.6 Å². The Kier molecular flexibility index (Phi) is 8.09. The summed E-state index contributed by atoms with van der Waals surface area (Å²) >= 11 is 2.37. The lowest BCUT2D eigenvalue weighted by molar-refractivity contribution is -0.329. The SMILES string of the molecule is CCOC1(OCC)[C@H](CI)C[C@@H]1C(=O)N(Cc1ccccc1)Cc1ccccc1. The molecule has 156 valence electrons. The summed E-state index contributed by atoms with van der Waals surface area (Å²) in [6, 6.07) is 20.3. The van der Waals surface area contributed by atoms with Gasteiger partial charge in [0.2, 0.25) is 5.91 Å². The van der Waals surface area contributed by atoms with Crippen molar-refractivity contribution in [2.75, 3.05) is 17.6 Å². The molecule has 2 aromatic rings. The van der Waals surface area contributed by atoms with Gasteiger partial charge in [-0.05, 0) is 31.4 Å². The Labute approximate surface area is 187 Å². The fourth-order valence-corrected chi connectivity index (χ4v) is 5.12. The van der Waals surface area contributed by atoms with Gasteiger partial charge in [-0.2, -0.15) is 0 Å². The van der Waals surface area contributed by atoms with Crippen LogP contribution in [0.25, 0.3) is 0 Å². The van der Waals surface area contributed by atoms with E-state index in [0.29, 0.717) is 26.3 Å². The van der Waals surface area contributed by atoms with Crippen molar-refractivity contribution in [2.45, 2.75) is 39.1 Å². The lowest BCUT2D eigenvalue weighted by Crippen LogP contribution is -2.64. The van der Waals surface area contributed by atoms with Crippen LogP contribution in [-0.2, 0) is 27.4 Å². The first-order valence-corrected chi connectivity index (χ1v) is 11.9. The highest BCUT2D eigenvalue weighted by atomic mass is 127. The molecule has 29 heavy (non-hydrogen) atoms. The van der Waals surface area contributed by atoms with E-state index in [1.54, 1.807) is 0 Å². The van der Waals surface area contributed by atoms with E-state index in [9.17, 15) is 4.79 Å². The van der Waals surface area contributed by atoms with Crippen LogP contribution in [0.5, 0.6) is 0 Å². The minimum absolute atomic E-state index is 0.112. The number of hydrogen-bond donors (Lipinski definition) is 0. The molecule has 0 unspecified atom stereocenters. The lowest BCUT2D eigenvalue weighted by Gasteiger charge is -2.54. The highest BCUT2D eigenvalue weighted by molar-refractivity contribution is 14.1. The molecule has 0 heterocycles. The van der Waals surface area contributed by atoms with Crippen molar-refractivity contribution in [2.24, 2.45) is 11.8 Å². The third kappa shape index (κ3) is 5.01. The highest BCUT2D eigenvalue weighted by Gasteiger charge is 2.60. The average Bonchev–Trinajstić information content (AvgIpc) is 2.74. The van der Waals surface area contributed by atoms with E-state index in [-0.39, 0.29) is 17.7 Å². The number of benzene rings is 2. The molecule has 1 amide bonds. The summed E-state index contributed by atoms with van der Waals surface area (Å²) in [5.74, 6) is -0.713. The molecule has 0 aromatic heterocycles. The van der Waals surface area contributed by atoms with Crippen LogP contribution in [0.2, 0.25) is 0 Å². The van der Waals surface area contributed by atoms with Crippen LogP contribution in [0.1, 0.15) is 31.4 Å². The number of hydrogen-bond acceptors (Lipinski definition) is 3. The van der Waals surface area contributed by atoms with E-state index >= 15 is 0 Å². The monoisotopic (exact) mass is 507 g/mol. The number of nitrogens with zero attached hydrogens (tertiary/aromatic N) is 1. The van der Waals surface area contributed by atoms with Crippen molar-refractivity contribution >= 4 is 28.5 Å². The average molecular weight is 507 g/mol. The second-order valence-electron chi connectivity index (χ2n) is 7.39. The highest BCUT2D eigenvalue weighted by Crippen LogP contribution is 2.50. The first-order chi connectivity index (χ1) is 14.1. The zero-order valence-electron chi connectivity index (χ0n) is 17.2. The Morgan fingerprint density at radius 3 is 1.86 bits per heavy atom. The maximum atomic E-state index is 13.7. The molecular weight excluding hydrogens is 477 g/mol. The molecule has 5 heteroatoms. The van der Waals surface area contributed by atoms with Crippen molar-refractivity contribution in [3.05, 3.63) is 71.8 Å². The van der Waals surface area contributed by atoms with Crippen LogP contribution in [0.4, 0.5) is 0 Å². The van der Waals surface area contributed by atoms with E-state index in [1.807, 2.05) is 55.1 Å².